The van der Waals surface area contributed by atoms with Crippen molar-refractivity contribution in [3.63, 3.8) is 0 Å². The summed E-state index contributed by atoms with van der Waals surface area (Å²) in [6.45, 7) is 7.40. The molecule has 0 aromatic carbocycles. The molecule has 0 aliphatic rings. The van der Waals surface area contributed by atoms with E-state index in [-0.39, 0.29) is 25.2 Å². The van der Waals surface area contributed by atoms with E-state index in [0.717, 1.165) is 103 Å². The molecule has 0 heterocycles. The van der Waals surface area contributed by atoms with Crippen molar-refractivity contribution in [3.05, 3.63) is 109 Å². The van der Waals surface area contributed by atoms with Crippen LogP contribution in [0.25, 0.3) is 0 Å². The Kier molecular flexibility index (Phi) is 49.0. The van der Waals surface area contributed by atoms with E-state index in [0.29, 0.717) is 19.4 Å². The fourth-order valence-corrected chi connectivity index (χ4v) is 6.56. The molecule has 1 atom stereocenters. The van der Waals surface area contributed by atoms with Crippen LogP contribution in [0.2, 0.25) is 0 Å². The van der Waals surface area contributed by atoms with E-state index < -0.39 is 6.10 Å². The first-order valence-electron chi connectivity index (χ1n) is 25.4. The zero-order valence-electron chi connectivity index (χ0n) is 40.3. The van der Waals surface area contributed by atoms with Crippen LogP contribution in [0.1, 0.15) is 213 Å². The van der Waals surface area contributed by atoms with Crippen molar-refractivity contribution in [2.24, 2.45) is 0 Å². The van der Waals surface area contributed by atoms with Crippen LogP contribution in [0.4, 0.5) is 0 Å². The van der Waals surface area contributed by atoms with Gasteiger partial charge in [-0.15, -0.1) is 0 Å². The Morgan fingerprint density at radius 3 is 1.21 bits per heavy atom. The molecule has 0 saturated carbocycles. The zero-order valence-corrected chi connectivity index (χ0v) is 40.3. The lowest BCUT2D eigenvalue weighted by atomic mass is 10.1. The summed E-state index contributed by atoms with van der Waals surface area (Å²) >= 11 is 0. The van der Waals surface area contributed by atoms with Crippen molar-refractivity contribution in [1.29, 1.82) is 0 Å². The number of ether oxygens (including phenoxy) is 3. The second kappa shape index (κ2) is 51.9. The molecule has 1 unspecified atom stereocenters. The highest BCUT2D eigenvalue weighted by Crippen LogP contribution is 2.13. The molecule has 0 radical (unpaired) electrons. The van der Waals surface area contributed by atoms with Gasteiger partial charge in [0, 0.05) is 19.4 Å². The first-order valence-corrected chi connectivity index (χ1v) is 25.4. The average Bonchev–Trinajstić information content (AvgIpc) is 3.27. The molecule has 5 nitrogen and oxygen atoms in total. The van der Waals surface area contributed by atoms with E-state index in [1.165, 1.54) is 77.0 Å². The predicted octanol–water partition coefficient (Wildman–Crippen LogP) is 17.2. The smallest absolute Gasteiger partial charge is 0.306 e. The number of rotatable bonds is 45. The highest BCUT2D eigenvalue weighted by Gasteiger charge is 2.17. The Morgan fingerprint density at radius 1 is 0.371 bits per heavy atom. The van der Waals surface area contributed by atoms with Gasteiger partial charge in [-0.1, -0.05) is 194 Å². The lowest BCUT2D eigenvalue weighted by Crippen LogP contribution is -2.30. The molecule has 0 spiro atoms. The molecule has 62 heavy (non-hydrogen) atoms. The molecule has 0 aliphatic carbocycles. The third-order valence-corrected chi connectivity index (χ3v) is 10.3. The molecule has 0 saturated heterocycles. The summed E-state index contributed by atoms with van der Waals surface area (Å²) in [4.78, 5) is 25.4. The Balaban J connectivity index is 4.42. The third-order valence-electron chi connectivity index (χ3n) is 10.3. The van der Waals surface area contributed by atoms with Crippen LogP contribution >= 0.6 is 0 Å². The Morgan fingerprint density at radius 2 is 0.726 bits per heavy atom. The SMILES string of the molecule is CC/C=C\C/C=C\C/C=C\C/C=C\CCCCC(=O)OC(COCCC/C=C\C/C=C\C/C=C\C/C=C\CC)COC(=O)CCCCCCCCC/C=C\CCCCCCCC. The van der Waals surface area contributed by atoms with E-state index in [4.69, 9.17) is 14.2 Å². The molecule has 0 amide bonds. The van der Waals surface area contributed by atoms with Crippen LogP contribution < -0.4 is 0 Å². The zero-order chi connectivity index (χ0) is 44.9. The second-order valence-electron chi connectivity index (χ2n) is 16.3. The minimum atomic E-state index is -0.594. The van der Waals surface area contributed by atoms with Crippen LogP contribution in [0.15, 0.2) is 109 Å². The topological polar surface area (TPSA) is 61.8 Å². The Bertz CT molecular complexity index is 1250. The number of hydrogen-bond acceptors (Lipinski definition) is 5. The maximum Gasteiger partial charge on any atom is 0.306 e. The summed E-state index contributed by atoms with van der Waals surface area (Å²) in [7, 11) is 0. The van der Waals surface area contributed by atoms with Gasteiger partial charge in [0.2, 0.25) is 0 Å². The van der Waals surface area contributed by atoms with E-state index >= 15 is 0 Å². The van der Waals surface area contributed by atoms with E-state index in [1.807, 2.05) is 0 Å². The molecule has 0 N–H and O–H groups in total. The fourth-order valence-electron chi connectivity index (χ4n) is 6.56. The summed E-state index contributed by atoms with van der Waals surface area (Å²) in [6.07, 6.45) is 71.1. The van der Waals surface area contributed by atoms with Gasteiger partial charge in [0.15, 0.2) is 6.10 Å². The van der Waals surface area contributed by atoms with Crippen molar-refractivity contribution in [3.8, 4) is 0 Å². The molecular weight excluding hydrogens is 765 g/mol. The monoisotopic (exact) mass is 859 g/mol. The van der Waals surface area contributed by atoms with Crippen LogP contribution in [0, 0.1) is 0 Å². The largest absolute Gasteiger partial charge is 0.462 e. The number of allylic oxidation sites excluding steroid dienone is 18. The summed E-state index contributed by atoms with van der Waals surface area (Å²) in [5.41, 5.74) is 0. The van der Waals surface area contributed by atoms with E-state index in [1.54, 1.807) is 0 Å². The average molecular weight is 859 g/mol. The van der Waals surface area contributed by atoms with Crippen molar-refractivity contribution in [1.82, 2.24) is 0 Å². The van der Waals surface area contributed by atoms with Crippen molar-refractivity contribution in [2.75, 3.05) is 19.8 Å². The number of carbonyl (C=O) groups excluding carboxylic acids is 2. The predicted molar refractivity (Wildman–Crippen MR) is 269 cm³/mol. The summed E-state index contributed by atoms with van der Waals surface area (Å²) in [5, 5.41) is 0. The van der Waals surface area contributed by atoms with Gasteiger partial charge < -0.3 is 14.2 Å². The molecule has 0 rings (SSSR count). The highest BCUT2D eigenvalue weighted by atomic mass is 16.6. The normalized spacial score (nSPS) is 13.1. The minimum Gasteiger partial charge on any atom is -0.462 e. The van der Waals surface area contributed by atoms with E-state index in [2.05, 4.69) is 130 Å². The van der Waals surface area contributed by atoms with Crippen LogP contribution in [-0.4, -0.2) is 37.9 Å². The molecule has 0 aromatic rings. The number of hydrogen-bond donors (Lipinski definition) is 0. The molecule has 0 fully saturated rings. The molecule has 5 heteroatoms. The third kappa shape index (κ3) is 49.2. The number of carbonyl (C=O) groups is 2. The van der Waals surface area contributed by atoms with Gasteiger partial charge in [0.1, 0.15) is 6.61 Å². The van der Waals surface area contributed by atoms with Crippen molar-refractivity contribution < 1.29 is 23.8 Å². The standard InChI is InChI=1S/C57H94O5/c1-4-7-10-13-16-19-22-25-28-29-31-32-35-38-41-44-47-50-56(58)61-54-55(53-60-52-49-46-43-40-37-34-27-24-21-18-15-12-9-6-3)62-57(59)51-48-45-42-39-36-33-30-26-23-20-17-14-11-8-5-2/h8-9,11-12,17-18,20-21,25-28,30,34,36,39-40,43,55H,4-7,10,13-16,19,22-24,29,31-33,35,37-38,41-42,44-54H2,1-3H3/b11-8-,12-9-,20-17-,21-18-,28-25-,30-26-,34-27-,39-36-,43-40-. The number of unbranched alkanes of at least 4 members (excludes halogenated alkanes) is 16. The number of esters is 2. The molecule has 0 aromatic heterocycles. The fraction of sp³-hybridized carbons (Fsp3) is 0.649. The maximum atomic E-state index is 12.8. The van der Waals surface area contributed by atoms with Gasteiger partial charge in [-0.3, -0.25) is 9.59 Å². The molecular formula is C57H94O5. The lowest BCUT2D eigenvalue weighted by Gasteiger charge is -2.18. The van der Waals surface area contributed by atoms with Gasteiger partial charge in [-0.05, 0) is 116 Å². The first-order chi connectivity index (χ1) is 30.6. The molecule has 0 aliphatic heterocycles. The van der Waals surface area contributed by atoms with Gasteiger partial charge >= 0.3 is 11.9 Å². The second-order valence-corrected chi connectivity index (χ2v) is 16.3. The van der Waals surface area contributed by atoms with Gasteiger partial charge in [-0.2, -0.15) is 0 Å². The highest BCUT2D eigenvalue weighted by molar-refractivity contribution is 5.70. The first kappa shape index (κ1) is 58.6. The Hall–Kier alpha value is -3.44. The van der Waals surface area contributed by atoms with Gasteiger partial charge in [0.25, 0.3) is 0 Å². The van der Waals surface area contributed by atoms with Crippen LogP contribution in [0.3, 0.4) is 0 Å². The summed E-state index contributed by atoms with van der Waals surface area (Å²) in [6, 6.07) is 0. The molecule has 352 valence electrons. The van der Waals surface area contributed by atoms with Crippen LogP contribution in [0.5, 0.6) is 0 Å². The summed E-state index contributed by atoms with van der Waals surface area (Å²) < 4.78 is 17.3. The van der Waals surface area contributed by atoms with Gasteiger partial charge in [0.05, 0.1) is 6.61 Å². The van der Waals surface area contributed by atoms with Crippen LogP contribution in [-0.2, 0) is 23.8 Å². The van der Waals surface area contributed by atoms with Crippen molar-refractivity contribution in [2.45, 2.75) is 219 Å². The van der Waals surface area contributed by atoms with Gasteiger partial charge in [-0.25, -0.2) is 0 Å². The maximum absolute atomic E-state index is 12.8. The van der Waals surface area contributed by atoms with E-state index in [9.17, 15) is 9.59 Å². The Labute approximate surface area is 383 Å². The lowest BCUT2D eigenvalue weighted by molar-refractivity contribution is -0.163. The quantitative estimate of drug-likeness (QED) is 0.0347. The summed E-state index contributed by atoms with van der Waals surface area (Å²) in [5.74, 6) is -0.486. The molecule has 0 bridgehead atoms. The van der Waals surface area contributed by atoms with Crippen molar-refractivity contribution >= 4 is 11.9 Å². The minimum absolute atomic E-state index is 0.0385.